The van der Waals surface area contributed by atoms with E-state index in [0.29, 0.717) is 12.5 Å². The molecule has 0 aromatic carbocycles. The zero-order valence-electron chi connectivity index (χ0n) is 12.0. The number of aliphatic hydroxyl groups excluding tert-OH is 1. The van der Waals surface area contributed by atoms with Crippen LogP contribution < -0.4 is 16.0 Å². The summed E-state index contributed by atoms with van der Waals surface area (Å²) in [5.41, 5.74) is 0. The van der Waals surface area contributed by atoms with Crippen molar-refractivity contribution in [3.05, 3.63) is 0 Å². The molecule has 3 amide bonds. The summed E-state index contributed by atoms with van der Waals surface area (Å²) in [6.07, 6.45) is -1.11. The predicted octanol–water partition coefficient (Wildman–Crippen LogP) is -0.718. The Morgan fingerprint density at radius 2 is 1.70 bits per heavy atom. The Morgan fingerprint density at radius 3 is 2.15 bits per heavy atom. The van der Waals surface area contributed by atoms with Crippen LogP contribution >= 0.6 is 0 Å². The number of hydrogen-bond donors (Lipinski definition) is 5. The molecule has 0 saturated heterocycles. The third-order valence-electron chi connectivity index (χ3n) is 2.38. The molecule has 20 heavy (non-hydrogen) atoms. The third-order valence-corrected chi connectivity index (χ3v) is 2.38. The number of nitrogens with one attached hydrogen (secondary N) is 3. The van der Waals surface area contributed by atoms with Crippen molar-refractivity contribution in [1.29, 1.82) is 0 Å². The van der Waals surface area contributed by atoms with Crippen molar-refractivity contribution in [3.8, 4) is 0 Å². The summed E-state index contributed by atoms with van der Waals surface area (Å²) in [5, 5.41) is 25.1. The molecule has 8 heteroatoms. The average molecular weight is 289 g/mol. The van der Waals surface area contributed by atoms with Crippen LogP contribution in [-0.2, 0) is 9.59 Å². The summed E-state index contributed by atoms with van der Waals surface area (Å²) in [7, 11) is 0. The minimum atomic E-state index is -1.38. The highest BCUT2D eigenvalue weighted by Crippen LogP contribution is 1.93. The van der Waals surface area contributed by atoms with Crippen LogP contribution in [0.3, 0.4) is 0 Å². The highest BCUT2D eigenvalue weighted by atomic mass is 16.4. The SMILES string of the molecule is CC(C)CNC(=O)CCNC(=O)NC(C(=O)O)C(C)O. The van der Waals surface area contributed by atoms with Gasteiger partial charge in [0, 0.05) is 19.5 Å². The quantitative estimate of drug-likeness (QED) is 0.403. The van der Waals surface area contributed by atoms with Gasteiger partial charge in [-0.2, -0.15) is 0 Å². The summed E-state index contributed by atoms with van der Waals surface area (Å²) in [4.78, 5) is 33.5. The Morgan fingerprint density at radius 1 is 1.10 bits per heavy atom. The highest BCUT2D eigenvalue weighted by Gasteiger charge is 2.24. The second kappa shape index (κ2) is 9.13. The van der Waals surface area contributed by atoms with Gasteiger partial charge in [0.1, 0.15) is 0 Å². The van der Waals surface area contributed by atoms with Crippen molar-refractivity contribution < 1.29 is 24.6 Å². The molecule has 0 aliphatic heterocycles. The summed E-state index contributed by atoms with van der Waals surface area (Å²) in [6.45, 7) is 5.84. The van der Waals surface area contributed by atoms with Crippen LogP contribution in [0.25, 0.3) is 0 Å². The number of carboxylic acid groups (broad SMARTS) is 1. The van der Waals surface area contributed by atoms with Gasteiger partial charge in [-0.05, 0) is 12.8 Å². The maximum Gasteiger partial charge on any atom is 0.328 e. The van der Waals surface area contributed by atoms with E-state index in [4.69, 9.17) is 5.11 Å². The number of urea groups is 1. The molecule has 0 spiro atoms. The van der Waals surface area contributed by atoms with Crippen LogP contribution in [0.2, 0.25) is 0 Å². The van der Waals surface area contributed by atoms with E-state index < -0.39 is 24.1 Å². The summed E-state index contributed by atoms with van der Waals surface area (Å²) < 4.78 is 0. The average Bonchev–Trinajstić information content (AvgIpc) is 2.32. The number of aliphatic hydroxyl groups is 1. The van der Waals surface area contributed by atoms with E-state index in [0.717, 1.165) is 0 Å². The zero-order valence-corrected chi connectivity index (χ0v) is 12.0. The Labute approximate surface area is 117 Å². The van der Waals surface area contributed by atoms with E-state index >= 15 is 0 Å². The highest BCUT2D eigenvalue weighted by molar-refractivity contribution is 5.83. The smallest absolute Gasteiger partial charge is 0.328 e. The minimum Gasteiger partial charge on any atom is -0.480 e. The molecule has 2 atom stereocenters. The second-order valence-electron chi connectivity index (χ2n) is 4.90. The monoisotopic (exact) mass is 289 g/mol. The molecule has 116 valence electrons. The van der Waals surface area contributed by atoms with Crippen LogP contribution in [-0.4, -0.2) is 53.4 Å². The van der Waals surface area contributed by atoms with E-state index in [1.54, 1.807) is 0 Å². The first kappa shape index (κ1) is 18.2. The van der Waals surface area contributed by atoms with E-state index in [1.165, 1.54) is 6.92 Å². The third kappa shape index (κ3) is 8.30. The van der Waals surface area contributed by atoms with Crippen LogP contribution in [0.15, 0.2) is 0 Å². The fraction of sp³-hybridized carbons (Fsp3) is 0.750. The van der Waals surface area contributed by atoms with Gasteiger partial charge in [0.2, 0.25) is 5.91 Å². The van der Waals surface area contributed by atoms with E-state index in [1.807, 2.05) is 13.8 Å². The molecule has 0 aliphatic rings. The van der Waals surface area contributed by atoms with Crippen molar-refractivity contribution in [3.63, 3.8) is 0 Å². The van der Waals surface area contributed by atoms with E-state index in [9.17, 15) is 19.5 Å². The van der Waals surface area contributed by atoms with Crippen molar-refractivity contribution >= 4 is 17.9 Å². The van der Waals surface area contributed by atoms with E-state index in [2.05, 4.69) is 16.0 Å². The number of carboxylic acids is 1. The van der Waals surface area contributed by atoms with Gasteiger partial charge in [-0.15, -0.1) is 0 Å². The van der Waals surface area contributed by atoms with Gasteiger partial charge in [0.15, 0.2) is 6.04 Å². The Kier molecular flexibility index (Phi) is 8.30. The molecule has 0 fully saturated rings. The zero-order chi connectivity index (χ0) is 15.7. The predicted molar refractivity (Wildman–Crippen MR) is 72.1 cm³/mol. The maximum absolute atomic E-state index is 11.4. The van der Waals surface area contributed by atoms with Gasteiger partial charge in [0.25, 0.3) is 0 Å². The molecule has 8 nitrogen and oxygen atoms in total. The Bertz CT molecular complexity index is 344. The van der Waals surface area contributed by atoms with Crippen molar-refractivity contribution in [2.24, 2.45) is 5.92 Å². The normalized spacial score (nSPS) is 13.4. The van der Waals surface area contributed by atoms with Crippen LogP contribution in [0.4, 0.5) is 4.79 Å². The molecule has 0 bridgehead atoms. The number of carbonyl (C=O) groups is 3. The fourth-order valence-corrected chi connectivity index (χ4v) is 1.28. The molecule has 0 rings (SSSR count). The topological polar surface area (TPSA) is 128 Å². The molecular weight excluding hydrogens is 266 g/mol. The largest absolute Gasteiger partial charge is 0.480 e. The number of carbonyl (C=O) groups excluding carboxylic acids is 2. The summed E-state index contributed by atoms with van der Waals surface area (Å²) >= 11 is 0. The maximum atomic E-state index is 11.4. The molecule has 0 saturated carbocycles. The second-order valence-corrected chi connectivity index (χ2v) is 4.90. The van der Waals surface area contributed by atoms with Gasteiger partial charge < -0.3 is 26.2 Å². The number of amides is 3. The molecule has 0 aromatic heterocycles. The first-order valence-corrected chi connectivity index (χ1v) is 6.46. The van der Waals surface area contributed by atoms with E-state index in [-0.39, 0.29) is 18.9 Å². The number of rotatable bonds is 8. The molecular formula is C12H23N3O5. The first-order chi connectivity index (χ1) is 9.23. The Balaban J connectivity index is 3.93. The van der Waals surface area contributed by atoms with Gasteiger partial charge in [0.05, 0.1) is 6.10 Å². The lowest BCUT2D eigenvalue weighted by molar-refractivity contribution is -0.141. The van der Waals surface area contributed by atoms with Crippen LogP contribution in [0.5, 0.6) is 0 Å². The molecule has 0 aromatic rings. The summed E-state index contributed by atoms with van der Waals surface area (Å²) in [6, 6.07) is -2.13. The standard InChI is InChI=1S/C12H23N3O5/c1-7(2)6-14-9(17)4-5-13-12(20)15-10(8(3)16)11(18)19/h7-8,10,16H,4-6H2,1-3H3,(H,14,17)(H,18,19)(H2,13,15,20). The number of aliphatic carboxylic acids is 1. The lowest BCUT2D eigenvalue weighted by Gasteiger charge is -2.17. The summed E-state index contributed by atoms with van der Waals surface area (Å²) in [5.74, 6) is -1.17. The van der Waals surface area contributed by atoms with Gasteiger partial charge >= 0.3 is 12.0 Å². The van der Waals surface area contributed by atoms with Gasteiger partial charge in [-0.1, -0.05) is 13.8 Å². The number of hydrogen-bond acceptors (Lipinski definition) is 4. The lowest BCUT2D eigenvalue weighted by atomic mass is 10.2. The molecule has 0 heterocycles. The van der Waals surface area contributed by atoms with Crippen molar-refractivity contribution in [2.75, 3.05) is 13.1 Å². The first-order valence-electron chi connectivity index (χ1n) is 6.46. The Hall–Kier alpha value is -1.83. The lowest BCUT2D eigenvalue weighted by Crippen LogP contribution is -2.51. The van der Waals surface area contributed by atoms with Gasteiger partial charge in [-0.25, -0.2) is 9.59 Å². The molecule has 0 aliphatic carbocycles. The van der Waals surface area contributed by atoms with Gasteiger partial charge in [-0.3, -0.25) is 4.79 Å². The molecule has 5 N–H and O–H groups in total. The fourth-order valence-electron chi connectivity index (χ4n) is 1.28. The van der Waals surface area contributed by atoms with Crippen LogP contribution in [0.1, 0.15) is 27.2 Å². The van der Waals surface area contributed by atoms with Crippen molar-refractivity contribution in [1.82, 2.24) is 16.0 Å². The molecule has 2 unspecified atom stereocenters. The van der Waals surface area contributed by atoms with Crippen LogP contribution in [0, 0.1) is 5.92 Å². The van der Waals surface area contributed by atoms with Crippen molar-refractivity contribution in [2.45, 2.75) is 39.3 Å². The molecule has 0 radical (unpaired) electrons. The minimum absolute atomic E-state index is 0.0852.